The summed E-state index contributed by atoms with van der Waals surface area (Å²) in [6.07, 6.45) is 0. The Bertz CT molecular complexity index is 2010. The van der Waals surface area contributed by atoms with Crippen molar-refractivity contribution in [2.45, 2.75) is 105 Å². The fourth-order valence-electron chi connectivity index (χ4n) is 11.0. The van der Waals surface area contributed by atoms with E-state index in [4.69, 9.17) is 0 Å². The average Bonchev–Trinajstić information content (AvgIpc) is 3.53. The van der Waals surface area contributed by atoms with Crippen LogP contribution in [0.4, 0.5) is 0 Å². The van der Waals surface area contributed by atoms with Gasteiger partial charge in [0.2, 0.25) is 0 Å². The van der Waals surface area contributed by atoms with E-state index >= 15 is 0 Å². The Morgan fingerprint density at radius 3 is 1.00 bits per heavy atom. The number of hydrogen-bond donors (Lipinski definition) is 2. The maximum absolute atomic E-state index is 11.2. The topological polar surface area (TPSA) is 40.5 Å². The molecule has 270 valence electrons. The molecule has 0 saturated carbocycles. The van der Waals surface area contributed by atoms with E-state index in [0.29, 0.717) is 23.7 Å². The van der Waals surface area contributed by atoms with Crippen molar-refractivity contribution in [2.75, 3.05) is 0 Å². The van der Waals surface area contributed by atoms with Crippen molar-refractivity contribution in [2.24, 2.45) is 23.7 Å². The monoisotopic (exact) mass is 690 g/mol. The largest absolute Gasteiger partial charge is 0.386 e. The summed E-state index contributed by atoms with van der Waals surface area (Å²) in [6, 6.07) is 36.0. The second-order valence-electron chi connectivity index (χ2n) is 18.0. The van der Waals surface area contributed by atoms with Gasteiger partial charge in [-0.3, -0.25) is 0 Å². The highest BCUT2D eigenvalue weighted by Crippen LogP contribution is 2.63. The standard InChI is InChI=1S/C50H58O2/c1-29(2)49(30(3)4)43-25-33(35-17-13-15-19-41(35)47(9,10)51)21-23-37(43)39-28-46-40(27-45(39)49)38-24-22-34(26-44(38)50(46,31(5)6)32(7)8)36-18-14-16-20-42(36)48(11,12)52/h13-32,51-52H,1-12H3. The summed E-state index contributed by atoms with van der Waals surface area (Å²) in [5.74, 6) is 1.41. The van der Waals surface area contributed by atoms with Gasteiger partial charge in [-0.1, -0.05) is 128 Å². The van der Waals surface area contributed by atoms with E-state index in [0.717, 1.165) is 33.4 Å². The molecule has 0 radical (unpaired) electrons. The highest BCUT2D eigenvalue weighted by Gasteiger charge is 2.53. The molecule has 2 aliphatic rings. The molecule has 0 unspecified atom stereocenters. The van der Waals surface area contributed by atoms with Gasteiger partial charge in [-0.15, -0.1) is 0 Å². The molecule has 5 aromatic rings. The first-order valence-electron chi connectivity index (χ1n) is 19.5. The van der Waals surface area contributed by atoms with Gasteiger partial charge in [-0.25, -0.2) is 0 Å². The number of aliphatic hydroxyl groups is 2. The Hall–Kier alpha value is -3.98. The Balaban J connectivity index is 1.51. The zero-order valence-electron chi connectivity index (χ0n) is 33.4. The van der Waals surface area contributed by atoms with Crippen LogP contribution in [0.3, 0.4) is 0 Å². The van der Waals surface area contributed by atoms with Crippen LogP contribution in [0, 0.1) is 23.7 Å². The summed E-state index contributed by atoms with van der Waals surface area (Å²) in [7, 11) is 0. The maximum atomic E-state index is 11.2. The van der Waals surface area contributed by atoms with Crippen molar-refractivity contribution in [1.29, 1.82) is 0 Å². The predicted molar refractivity (Wildman–Crippen MR) is 220 cm³/mol. The third-order valence-corrected chi connectivity index (χ3v) is 13.0. The zero-order chi connectivity index (χ0) is 37.7. The molecular formula is C50H58O2. The molecule has 0 aliphatic heterocycles. The molecule has 2 N–H and O–H groups in total. The molecule has 2 nitrogen and oxygen atoms in total. The Morgan fingerprint density at radius 2 is 0.692 bits per heavy atom. The highest BCUT2D eigenvalue weighted by atomic mass is 16.3. The van der Waals surface area contributed by atoms with Crippen LogP contribution in [0.15, 0.2) is 97.1 Å². The summed E-state index contributed by atoms with van der Waals surface area (Å²) in [5.41, 5.74) is 15.2. The van der Waals surface area contributed by atoms with Gasteiger partial charge < -0.3 is 10.2 Å². The minimum Gasteiger partial charge on any atom is -0.386 e. The summed E-state index contributed by atoms with van der Waals surface area (Å²) >= 11 is 0. The quantitative estimate of drug-likeness (QED) is 0.170. The van der Waals surface area contributed by atoms with E-state index in [2.05, 4.69) is 140 Å². The van der Waals surface area contributed by atoms with E-state index in [1.165, 1.54) is 44.5 Å². The van der Waals surface area contributed by atoms with Crippen LogP contribution in [-0.2, 0) is 22.0 Å². The van der Waals surface area contributed by atoms with E-state index in [9.17, 15) is 10.2 Å². The highest BCUT2D eigenvalue weighted by molar-refractivity contribution is 5.92. The lowest BCUT2D eigenvalue weighted by Crippen LogP contribution is -2.38. The molecule has 0 amide bonds. The van der Waals surface area contributed by atoms with Crippen LogP contribution in [0.25, 0.3) is 44.5 Å². The molecule has 2 aliphatic carbocycles. The Kier molecular flexibility index (Phi) is 8.60. The van der Waals surface area contributed by atoms with Gasteiger partial charge in [-0.05, 0) is 154 Å². The minimum atomic E-state index is -0.951. The van der Waals surface area contributed by atoms with E-state index < -0.39 is 11.2 Å². The van der Waals surface area contributed by atoms with Crippen molar-refractivity contribution in [3.8, 4) is 44.5 Å². The van der Waals surface area contributed by atoms with Gasteiger partial charge in [0.15, 0.2) is 0 Å². The first-order valence-corrected chi connectivity index (χ1v) is 19.5. The van der Waals surface area contributed by atoms with Crippen molar-refractivity contribution in [3.63, 3.8) is 0 Å². The molecule has 2 heteroatoms. The normalized spacial score (nSPS) is 15.7. The smallest absolute Gasteiger partial charge is 0.0846 e. The van der Waals surface area contributed by atoms with Crippen LogP contribution in [-0.4, -0.2) is 10.2 Å². The van der Waals surface area contributed by atoms with Crippen LogP contribution in [0.5, 0.6) is 0 Å². The van der Waals surface area contributed by atoms with Gasteiger partial charge in [0.25, 0.3) is 0 Å². The third-order valence-electron chi connectivity index (χ3n) is 13.0. The zero-order valence-corrected chi connectivity index (χ0v) is 33.4. The average molecular weight is 691 g/mol. The van der Waals surface area contributed by atoms with Crippen molar-refractivity contribution in [1.82, 2.24) is 0 Å². The number of fused-ring (bicyclic) bond motifs is 6. The van der Waals surface area contributed by atoms with Gasteiger partial charge >= 0.3 is 0 Å². The fourth-order valence-corrected chi connectivity index (χ4v) is 11.0. The second-order valence-corrected chi connectivity index (χ2v) is 18.0. The van der Waals surface area contributed by atoms with Crippen LogP contribution >= 0.6 is 0 Å². The molecular weight excluding hydrogens is 633 g/mol. The Labute approximate surface area is 313 Å². The first-order chi connectivity index (χ1) is 24.4. The molecule has 5 aromatic carbocycles. The number of rotatable bonds is 8. The summed E-state index contributed by atoms with van der Waals surface area (Å²) in [6.45, 7) is 26.7. The van der Waals surface area contributed by atoms with Crippen molar-refractivity contribution >= 4 is 0 Å². The van der Waals surface area contributed by atoms with E-state index in [1.807, 2.05) is 39.8 Å². The summed E-state index contributed by atoms with van der Waals surface area (Å²) in [4.78, 5) is 0. The summed E-state index contributed by atoms with van der Waals surface area (Å²) < 4.78 is 0. The predicted octanol–water partition coefficient (Wildman–Crippen LogP) is 12.6. The second kappa shape index (κ2) is 12.3. The van der Waals surface area contributed by atoms with Gasteiger partial charge in [0.05, 0.1) is 11.2 Å². The molecule has 0 spiro atoms. The molecule has 52 heavy (non-hydrogen) atoms. The fraction of sp³-hybridized carbons (Fsp3) is 0.400. The molecule has 0 aromatic heterocycles. The third kappa shape index (κ3) is 5.04. The molecule has 0 saturated heterocycles. The summed E-state index contributed by atoms with van der Waals surface area (Å²) in [5, 5.41) is 22.4. The van der Waals surface area contributed by atoms with Gasteiger partial charge in [-0.2, -0.15) is 0 Å². The number of benzene rings is 5. The first kappa shape index (κ1) is 36.4. The van der Waals surface area contributed by atoms with Crippen LogP contribution in [0.1, 0.15) is 116 Å². The molecule has 0 heterocycles. The van der Waals surface area contributed by atoms with Crippen LogP contribution < -0.4 is 0 Å². The van der Waals surface area contributed by atoms with Gasteiger partial charge in [0, 0.05) is 10.8 Å². The SMILES string of the molecule is CC(C)C1(C(C)C)c2cc(-c3ccccc3C(C)(C)O)ccc2-c2cc3c(cc21)-c1ccc(-c2ccccc2C(C)(C)O)cc1C3(C(C)C)C(C)C. The Morgan fingerprint density at radius 1 is 0.385 bits per heavy atom. The number of hydrogen-bond acceptors (Lipinski definition) is 2. The van der Waals surface area contributed by atoms with E-state index in [1.54, 1.807) is 0 Å². The molecule has 0 atom stereocenters. The van der Waals surface area contributed by atoms with Gasteiger partial charge in [0.1, 0.15) is 0 Å². The maximum Gasteiger partial charge on any atom is 0.0846 e. The lowest BCUT2D eigenvalue weighted by atomic mass is 9.61. The molecule has 0 fully saturated rings. The van der Waals surface area contributed by atoms with Crippen LogP contribution in [0.2, 0.25) is 0 Å². The lowest BCUT2D eigenvalue weighted by Gasteiger charge is -2.42. The van der Waals surface area contributed by atoms with E-state index in [-0.39, 0.29) is 10.8 Å². The van der Waals surface area contributed by atoms with Crippen molar-refractivity contribution in [3.05, 3.63) is 130 Å². The lowest BCUT2D eigenvalue weighted by molar-refractivity contribution is 0.0786. The molecule has 0 bridgehead atoms. The minimum absolute atomic E-state index is 0.188. The molecule has 7 rings (SSSR count). The van der Waals surface area contributed by atoms with Crippen molar-refractivity contribution < 1.29 is 10.2 Å².